The molecule has 0 bridgehead atoms. The second-order valence-corrected chi connectivity index (χ2v) is 10.0. The zero-order valence-corrected chi connectivity index (χ0v) is 19.9. The molecule has 0 amide bonds. The molecule has 2 atom stereocenters. The average Bonchev–Trinajstić information content (AvgIpc) is 3.23. The van der Waals surface area contributed by atoms with E-state index in [4.69, 9.17) is 4.74 Å². The third kappa shape index (κ3) is 4.26. The van der Waals surface area contributed by atoms with Gasteiger partial charge in [-0.3, -0.25) is 4.79 Å². The fourth-order valence-corrected chi connectivity index (χ4v) is 5.57. The Hall–Kier alpha value is -2.25. The van der Waals surface area contributed by atoms with E-state index in [1.165, 1.54) is 6.07 Å². The van der Waals surface area contributed by atoms with Crippen LogP contribution in [0.15, 0.2) is 62.7 Å². The molecule has 4 nitrogen and oxygen atoms in total. The molecule has 0 saturated carbocycles. The van der Waals surface area contributed by atoms with Crippen LogP contribution in [0.3, 0.4) is 0 Å². The second kappa shape index (κ2) is 8.71. The van der Waals surface area contributed by atoms with E-state index in [0.29, 0.717) is 34.1 Å². The minimum absolute atomic E-state index is 0.0705. The molecule has 0 radical (unpaired) electrons. The maximum absolute atomic E-state index is 15.0. The Morgan fingerprint density at radius 3 is 2.74 bits per heavy atom. The predicted octanol–water partition coefficient (Wildman–Crippen LogP) is 5.96. The van der Waals surface area contributed by atoms with Crippen LogP contribution in [0.2, 0.25) is 0 Å². The van der Waals surface area contributed by atoms with Crippen LogP contribution < -0.4 is 5.32 Å². The average molecular weight is 504 g/mol. The Balaban J connectivity index is 1.85. The van der Waals surface area contributed by atoms with E-state index in [-0.39, 0.29) is 23.4 Å². The smallest absolute Gasteiger partial charge is 0.337 e. The van der Waals surface area contributed by atoms with E-state index in [1.807, 2.05) is 17.5 Å². The van der Waals surface area contributed by atoms with Crippen molar-refractivity contribution in [2.24, 2.45) is 0 Å². The first-order valence-corrected chi connectivity index (χ1v) is 11.9. The number of halogens is 2. The normalized spacial score (nSPS) is 21.3. The van der Waals surface area contributed by atoms with Gasteiger partial charge in [0, 0.05) is 44.2 Å². The van der Waals surface area contributed by atoms with Crippen LogP contribution in [0.1, 0.15) is 55.9 Å². The first-order valence-electron chi connectivity index (χ1n) is 10.2. The van der Waals surface area contributed by atoms with E-state index in [0.717, 1.165) is 10.6 Å². The highest BCUT2D eigenvalue weighted by Gasteiger charge is 2.42. The Bertz CT molecular complexity index is 1100. The number of nitrogens with one attached hydrogen (secondary N) is 1. The monoisotopic (exact) mass is 503 g/mol. The molecule has 1 aromatic carbocycles. The lowest BCUT2D eigenvalue weighted by Crippen LogP contribution is -2.36. The fourth-order valence-electron chi connectivity index (χ4n) is 4.36. The lowest BCUT2D eigenvalue weighted by Gasteiger charge is -2.36. The molecular formula is C24H23BrFNO3S. The number of allylic oxidation sites excluding steroid dienone is 3. The Morgan fingerprint density at radius 2 is 2.06 bits per heavy atom. The number of dihydropyridines is 1. The number of esters is 1. The van der Waals surface area contributed by atoms with Crippen LogP contribution in [-0.4, -0.2) is 17.9 Å². The first kappa shape index (κ1) is 22.0. The van der Waals surface area contributed by atoms with Crippen LogP contribution in [0.4, 0.5) is 4.39 Å². The van der Waals surface area contributed by atoms with Gasteiger partial charge in [0.15, 0.2) is 5.78 Å². The molecule has 4 rings (SSSR count). The fraction of sp³-hybridized carbons (Fsp3) is 0.333. The lowest BCUT2D eigenvalue weighted by molar-refractivity contribution is -0.143. The van der Waals surface area contributed by atoms with Crippen molar-refractivity contribution in [1.82, 2.24) is 5.32 Å². The number of hydrogen-bond acceptors (Lipinski definition) is 5. The molecule has 1 N–H and O–H groups in total. The molecule has 1 aliphatic heterocycles. The van der Waals surface area contributed by atoms with E-state index in [1.54, 1.807) is 44.2 Å². The molecular weight excluding hydrogens is 481 g/mol. The summed E-state index contributed by atoms with van der Waals surface area (Å²) in [5, 5.41) is 5.29. The molecule has 0 saturated heterocycles. The van der Waals surface area contributed by atoms with Gasteiger partial charge in [-0.2, -0.15) is 0 Å². The highest BCUT2D eigenvalue weighted by atomic mass is 79.9. The van der Waals surface area contributed by atoms with Gasteiger partial charge in [0.1, 0.15) is 5.82 Å². The standard InChI is InChI=1S/C24H23BrFNO3S/c1-12(2)30-24(29)21-13(3)27-18-9-14(20-5-4-8-31-20)10-19(28)23(18)22(21)16-11-15(25)6-7-17(16)26/h4-8,11-12,14,22,27H,9-10H2,1-3H3/t14-,22+/m1/s1. The lowest BCUT2D eigenvalue weighted by atomic mass is 9.72. The van der Waals surface area contributed by atoms with Crippen LogP contribution >= 0.6 is 27.3 Å². The number of benzene rings is 1. The van der Waals surface area contributed by atoms with Gasteiger partial charge < -0.3 is 10.1 Å². The maximum Gasteiger partial charge on any atom is 0.337 e. The molecule has 2 heterocycles. The number of Topliss-reactive ketones (excluding diaryl/α,β-unsaturated/α-hetero) is 1. The summed E-state index contributed by atoms with van der Waals surface area (Å²) in [6.07, 6.45) is 0.637. The molecule has 1 aliphatic carbocycles. The number of carbonyl (C=O) groups excluding carboxylic acids is 2. The van der Waals surface area contributed by atoms with E-state index < -0.39 is 17.7 Å². The number of rotatable bonds is 4. The number of ketones is 1. The summed E-state index contributed by atoms with van der Waals surface area (Å²) < 4.78 is 21.2. The minimum atomic E-state index is -0.809. The van der Waals surface area contributed by atoms with Crippen LogP contribution in [0, 0.1) is 5.82 Å². The second-order valence-electron chi connectivity index (χ2n) is 8.15. The van der Waals surface area contributed by atoms with Crippen LogP contribution in [0.5, 0.6) is 0 Å². The van der Waals surface area contributed by atoms with E-state index in [2.05, 4.69) is 21.2 Å². The van der Waals surface area contributed by atoms with Gasteiger partial charge in [-0.15, -0.1) is 11.3 Å². The third-order valence-electron chi connectivity index (χ3n) is 5.60. The molecule has 1 aromatic heterocycles. The summed E-state index contributed by atoms with van der Waals surface area (Å²) in [5.74, 6) is -1.80. The zero-order valence-electron chi connectivity index (χ0n) is 17.5. The highest BCUT2D eigenvalue weighted by Crippen LogP contribution is 2.47. The van der Waals surface area contributed by atoms with Crippen molar-refractivity contribution >= 4 is 39.0 Å². The third-order valence-corrected chi connectivity index (χ3v) is 7.13. The zero-order chi connectivity index (χ0) is 22.3. The van der Waals surface area contributed by atoms with Gasteiger partial charge in [0.2, 0.25) is 0 Å². The Morgan fingerprint density at radius 1 is 1.29 bits per heavy atom. The molecule has 0 fully saturated rings. The van der Waals surface area contributed by atoms with Gasteiger partial charge in [0.25, 0.3) is 0 Å². The van der Waals surface area contributed by atoms with Crippen molar-refractivity contribution in [3.8, 4) is 0 Å². The molecule has 2 aliphatic rings. The van der Waals surface area contributed by atoms with Gasteiger partial charge >= 0.3 is 5.97 Å². The van der Waals surface area contributed by atoms with Crippen molar-refractivity contribution in [1.29, 1.82) is 0 Å². The van der Waals surface area contributed by atoms with Crippen molar-refractivity contribution in [2.45, 2.75) is 51.6 Å². The number of hydrogen-bond donors (Lipinski definition) is 1. The molecule has 162 valence electrons. The largest absolute Gasteiger partial charge is 0.460 e. The maximum atomic E-state index is 15.0. The van der Waals surface area contributed by atoms with Crippen LogP contribution in [-0.2, 0) is 14.3 Å². The van der Waals surface area contributed by atoms with E-state index in [9.17, 15) is 9.59 Å². The molecule has 2 aromatic rings. The first-order chi connectivity index (χ1) is 14.8. The summed E-state index contributed by atoms with van der Waals surface area (Å²) in [7, 11) is 0. The summed E-state index contributed by atoms with van der Waals surface area (Å²) in [6.45, 7) is 5.31. The van der Waals surface area contributed by atoms with Crippen molar-refractivity contribution in [3.63, 3.8) is 0 Å². The topological polar surface area (TPSA) is 55.4 Å². The summed E-state index contributed by atoms with van der Waals surface area (Å²) in [5.41, 5.74) is 2.39. The molecule has 31 heavy (non-hydrogen) atoms. The molecule has 7 heteroatoms. The predicted molar refractivity (Wildman–Crippen MR) is 122 cm³/mol. The highest BCUT2D eigenvalue weighted by molar-refractivity contribution is 9.10. The van der Waals surface area contributed by atoms with E-state index >= 15 is 4.39 Å². The number of thiophene rings is 1. The van der Waals surface area contributed by atoms with Gasteiger partial charge in [-0.05, 0) is 56.8 Å². The van der Waals surface area contributed by atoms with Crippen LogP contribution in [0.25, 0.3) is 0 Å². The quantitative estimate of drug-likeness (QED) is 0.522. The Kier molecular flexibility index (Phi) is 6.17. The van der Waals surface area contributed by atoms with Crippen molar-refractivity contribution in [3.05, 3.63) is 79.0 Å². The molecule has 0 spiro atoms. The summed E-state index contributed by atoms with van der Waals surface area (Å²) in [6, 6.07) is 8.62. The SMILES string of the molecule is CC1=C(C(=O)OC(C)C)[C@H](c2cc(Br)ccc2F)C2=C(C[C@@H](c3cccs3)CC2=O)N1. The number of ether oxygens (including phenoxy) is 1. The van der Waals surface area contributed by atoms with Gasteiger partial charge in [0.05, 0.1) is 17.6 Å². The Labute approximate surface area is 193 Å². The minimum Gasteiger partial charge on any atom is -0.460 e. The van der Waals surface area contributed by atoms with Gasteiger partial charge in [-0.25, -0.2) is 9.18 Å². The van der Waals surface area contributed by atoms with Gasteiger partial charge in [-0.1, -0.05) is 22.0 Å². The number of carbonyl (C=O) groups is 2. The summed E-state index contributed by atoms with van der Waals surface area (Å²) in [4.78, 5) is 27.6. The summed E-state index contributed by atoms with van der Waals surface area (Å²) >= 11 is 5.03. The molecule has 0 unspecified atom stereocenters. The van der Waals surface area contributed by atoms with Crippen molar-refractivity contribution < 1.29 is 18.7 Å². The van der Waals surface area contributed by atoms with Crippen molar-refractivity contribution in [2.75, 3.05) is 0 Å².